The van der Waals surface area contributed by atoms with Gasteiger partial charge in [0.1, 0.15) is 11.9 Å². The minimum Gasteiger partial charge on any atom is -0.355 e. The molecule has 1 unspecified atom stereocenters. The van der Waals surface area contributed by atoms with Crippen molar-refractivity contribution in [3.05, 3.63) is 102 Å². The van der Waals surface area contributed by atoms with Crippen molar-refractivity contribution < 1.29 is 22.4 Å². The number of nitrogens with zero attached hydrogens (tertiary/aromatic N) is 2. The highest BCUT2D eigenvalue weighted by Gasteiger charge is 2.30. The van der Waals surface area contributed by atoms with Crippen LogP contribution in [0.4, 0.5) is 10.1 Å². The fourth-order valence-corrected chi connectivity index (χ4v) is 5.20. The molecule has 0 fully saturated rings. The summed E-state index contributed by atoms with van der Waals surface area (Å²) in [5.74, 6) is -0.970. The third-order valence-electron chi connectivity index (χ3n) is 6.08. The molecule has 202 valence electrons. The molecule has 0 aromatic heterocycles. The lowest BCUT2D eigenvalue weighted by molar-refractivity contribution is -0.141. The fraction of sp³-hybridized carbons (Fsp3) is 0.310. The van der Waals surface area contributed by atoms with E-state index in [1.807, 2.05) is 67.6 Å². The second kappa shape index (κ2) is 13.7. The topological polar surface area (TPSA) is 86.8 Å². The summed E-state index contributed by atoms with van der Waals surface area (Å²) in [6.45, 7) is 2.54. The minimum absolute atomic E-state index is 0.0325. The molecule has 3 rings (SSSR count). The second-order valence-corrected chi connectivity index (χ2v) is 10.9. The number of hydrogen-bond donors (Lipinski definition) is 1. The van der Waals surface area contributed by atoms with Crippen molar-refractivity contribution in [1.82, 2.24) is 10.2 Å². The lowest BCUT2D eigenvalue weighted by Crippen LogP contribution is -2.50. The molecule has 3 aromatic rings. The molecule has 0 spiro atoms. The smallest absolute Gasteiger partial charge is 0.243 e. The van der Waals surface area contributed by atoms with E-state index in [0.29, 0.717) is 18.7 Å². The molecular weight excluding hydrogens is 505 g/mol. The van der Waals surface area contributed by atoms with Crippen molar-refractivity contribution in [3.8, 4) is 0 Å². The number of likely N-dealkylation sites (N-methyl/N-ethyl adjacent to an activating group) is 1. The van der Waals surface area contributed by atoms with Gasteiger partial charge in [0, 0.05) is 32.5 Å². The van der Waals surface area contributed by atoms with Gasteiger partial charge in [-0.05, 0) is 48.7 Å². The van der Waals surface area contributed by atoms with E-state index < -0.39 is 21.9 Å². The average Bonchev–Trinajstić information content (AvgIpc) is 2.90. The number of benzene rings is 3. The van der Waals surface area contributed by atoms with Gasteiger partial charge >= 0.3 is 0 Å². The van der Waals surface area contributed by atoms with Gasteiger partial charge in [-0.1, -0.05) is 60.7 Å². The number of nitrogens with one attached hydrogen (secondary N) is 1. The summed E-state index contributed by atoms with van der Waals surface area (Å²) < 4.78 is 39.4. The standard InChI is InChI=1S/C29H34FN3O4S/c1-3-31-29(35)27(21-23-11-6-4-7-12-23)32(22-24-13-8-5-9-14-24)28(34)15-10-20-33(38(2,36)37)26-18-16-25(30)17-19-26/h4-9,11-14,16-19,27H,3,10,15,20-22H2,1-2H3,(H,31,35). The predicted molar refractivity (Wildman–Crippen MR) is 147 cm³/mol. The van der Waals surface area contributed by atoms with Crippen LogP contribution >= 0.6 is 0 Å². The number of rotatable bonds is 13. The van der Waals surface area contributed by atoms with Crippen LogP contribution in [0.1, 0.15) is 30.9 Å². The summed E-state index contributed by atoms with van der Waals surface area (Å²) in [5, 5.41) is 2.86. The van der Waals surface area contributed by atoms with Crippen molar-refractivity contribution in [2.45, 2.75) is 38.8 Å². The van der Waals surface area contributed by atoms with E-state index in [0.717, 1.165) is 21.7 Å². The Hall–Kier alpha value is -3.72. The van der Waals surface area contributed by atoms with Crippen molar-refractivity contribution in [3.63, 3.8) is 0 Å². The van der Waals surface area contributed by atoms with Crippen LogP contribution in [0.5, 0.6) is 0 Å². The zero-order valence-electron chi connectivity index (χ0n) is 21.7. The van der Waals surface area contributed by atoms with E-state index in [1.54, 1.807) is 4.90 Å². The molecule has 7 nitrogen and oxygen atoms in total. The van der Waals surface area contributed by atoms with E-state index >= 15 is 0 Å². The number of hydrogen-bond acceptors (Lipinski definition) is 4. The molecule has 3 aromatic carbocycles. The number of amides is 2. The normalized spacial score (nSPS) is 12.0. The van der Waals surface area contributed by atoms with Gasteiger partial charge in [-0.25, -0.2) is 12.8 Å². The minimum atomic E-state index is -3.65. The molecule has 38 heavy (non-hydrogen) atoms. The first-order valence-corrected chi connectivity index (χ1v) is 14.4. The van der Waals surface area contributed by atoms with Gasteiger partial charge in [0.25, 0.3) is 0 Å². The van der Waals surface area contributed by atoms with Crippen molar-refractivity contribution in [1.29, 1.82) is 0 Å². The summed E-state index contributed by atoms with van der Waals surface area (Å²) in [5.41, 5.74) is 2.13. The van der Waals surface area contributed by atoms with E-state index in [2.05, 4.69) is 5.32 Å². The summed E-state index contributed by atoms with van der Waals surface area (Å²) in [4.78, 5) is 28.4. The molecule has 0 radical (unpaired) electrons. The quantitative estimate of drug-likeness (QED) is 0.354. The lowest BCUT2D eigenvalue weighted by Gasteiger charge is -2.32. The highest BCUT2D eigenvalue weighted by Crippen LogP contribution is 2.20. The number of anilines is 1. The molecule has 0 aliphatic heterocycles. The third kappa shape index (κ3) is 8.41. The number of carbonyl (C=O) groups is 2. The summed E-state index contributed by atoms with van der Waals surface area (Å²) in [7, 11) is -3.65. The first kappa shape index (κ1) is 28.8. The Labute approximate surface area is 224 Å². The zero-order valence-corrected chi connectivity index (χ0v) is 22.5. The van der Waals surface area contributed by atoms with Crippen LogP contribution in [0.2, 0.25) is 0 Å². The monoisotopic (exact) mass is 539 g/mol. The number of carbonyl (C=O) groups excluding carboxylic acids is 2. The molecule has 0 aliphatic rings. The Balaban J connectivity index is 1.83. The predicted octanol–water partition coefficient (Wildman–Crippen LogP) is 4.15. The average molecular weight is 540 g/mol. The highest BCUT2D eigenvalue weighted by atomic mass is 32.2. The summed E-state index contributed by atoms with van der Waals surface area (Å²) in [6, 6.07) is 23.4. The Kier molecular flexibility index (Phi) is 10.4. The maximum absolute atomic E-state index is 13.6. The third-order valence-corrected chi connectivity index (χ3v) is 7.28. The van der Waals surface area contributed by atoms with Crippen LogP contribution in [0.3, 0.4) is 0 Å². The maximum atomic E-state index is 13.6. The van der Waals surface area contributed by atoms with Gasteiger partial charge in [-0.3, -0.25) is 13.9 Å². The Morgan fingerprint density at radius 3 is 2.03 bits per heavy atom. The molecule has 0 saturated carbocycles. The Morgan fingerprint density at radius 2 is 1.47 bits per heavy atom. The van der Waals surface area contributed by atoms with E-state index in [-0.39, 0.29) is 37.7 Å². The summed E-state index contributed by atoms with van der Waals surface area (Å²) >= 11 is 0. The van der Waals surface area contributed by atoms with Crippen molar-refractivity contribution >= 4 is 27.5 Å². The Bertz CT molecular complexity index is 1290. The molecule has 1 atom stereocenters. The largest absolute Gasteiger partial charge is 0.355 e. The van der Waals surface area contributed by atoms with Crippen LogP contribution in [-0.4, -0.2) is 50.5 Å². The highest BCUT2D eigenvalue weighted by molar-refractivity contribution is 7.92. The molecule has 0 aliphatic carbocycles. The van der Waals surface area contributed by atoms with Gasteiger partial charge in [-0.15, -0.1) is 0 Å². The van der Waals surface area contributed by atoms with Crippen LogP contribution < -0.4 is 9.62 Å². The van der Waals surface area contributed by atoms with Crippen molar-refractivity contribution in [2.75, 3.05) is 23.7 Å². The molecular formula is C29H34FN3O4S. The zero-order chi connectivity index (χ0) is 27.5. The van der Waals surface area contributed by atoms with E-state index in [9.17, 15) is 22.4 Å². The molecule has 0 bridgehead atoms. The maximum Gasteiger partial charge on any atom is 0.243 e. The molecule has 0 saturated heterocycles. The fourth-order valence-electron chi connectivity index (χ4n) is 4.24. The van der Waals surface area contributed by atoms with Gasteiger partial charge < -0.3 is 10.2 Å². The lowest BCUT2D eigenvalue weighted by atomic mass is 10.0. The molecule has 2 amide bonds. The number of sulfonamides is 1. The SMILES string of the molecule is CCNC(=O)C(Cc1ccccc1)N(Cc1ccccc1)C(=O)CCCN(c1ccc(F)cc1)S(C)(=O)=O. The van der Waals surface area contributed by atoms with Crippen molar-refractivity contribution in [2.24, 2.45) is 0 Å². The first-order chi connectivity index (χ1) is 18.2. The van der Waals surface area contributed by atoms with Crippen LogP contribution in [-0.2, 0) is 32.6 Å². The van der Waals surface area contributed by atoms with Gasteiger partial charge in [0.2, 0.25) is 21.8 Å². The number of halogens is 1. The summed E-state index contributed by atoms with van der Waals surface area (Å²) in [6.07, 6.45) is 1.67. The van der Waals surface area contributed by atoms with E-state index in [1.165, 1.54) is 24.3 Å². The van der Waals surface area contributed by atoms with Gasteiger partial charge in [-0.2, -0.15) is 0 Å². The first-order valence-electron chi connectivity index (χ1n) is 12.6. The molecule has 1 N–H and O–H groups in total. The van der Waals surface area contributed by atoms with Crippen LogP contribution in [0.25, 0.3) is 0 Å². The Morgan fingerprint density at radius 1 is 0.895 bits per heavy atom. The van der Waals surface area contributed by atoms with Crippen LogP contribution in [0, 0.1) is 5.82 Å². The molecule has 0 heterocycles. The van der Waals surface area contributed by atoms with Gasteiger partial charge in [0.15, 0.2) is 0 Å². The van der Waals surface area contributed by atoms with Crippen LogP contribution in [0.15, 0.2) is 84.9 Å². The second-order valence-electron chi connectivity index (χ2n) is 9.02. The molecule has 9 heteroatoms. The van der Waals surface area contributed by atoms with Gasteiger partial charge in [0.05, 0.1) is 11.9 Å². The van der Waals surface area contributed by atoms with E-state index in [4.69, 9.17) is 0 Å².